The Morgan fingerprint density at radius 1 is 0.818 bits per heavy atom. The Kier molecular flexibility index (Phi) is 5.05. The molecule has 2 unspecified atom stereocenters. The fourth-order valence-electron chi connectivity index (χ4n) is 2.99. The van der Waals surface area contributed by atoms with E-state index < -0.39 is 23.2 Å². The quantitative estimate of drug-likeness (QED) is 0.439. The summed E-state index contributed by atoms with van der Waals surface area (Å²) in [6, 6.07) is 0. The zero-order chi connectivity index (χ0) is 13.5. The third kappa shape index (κ3) is 2.25. The molecule has 112 valence electrons. The van der Waals surface area contributed by atoms with Gasteiger partial charge in [-0.3, -0.25) is 0 Å². The van der Waals surface area contributed by atoms with Crippen LogP contribution in [0.25, 0.3) is 0 Å². The third-order valence-corrected chi connectivity index (χ3v) is 16.9. The maximum absolute atomic E-state index is 6.44. The molecule has 1 fully saturated rings. The van der Waals surface area contributed by atoms with Gasteiger partial charge >= 0.3 is 153 Å². The first-order valence-corrected chi connectivity index (χ1v) is 11.8. The van der Waals surface area contributed by atoms with Crippen molar-refractivity contribution >= 4 is 58.5 Å². The Bertz CT molecular complexity index is 692. The molecule has 0 amide bonds. The van der Waals surface area contributed by atoms with Crippen LogP contribution in [0.4, 0.5) is 0 Å². The van der Waals surface area contributed by atoms with Gasteiger partial charge in [-0.2, -0.15) is 0 Å². The smallest absolute Gasteiger partial charge is 1.00 e. The summed E-state index contributed by atoms with van der Waals surface area (Å²) in [5.41, 5.74) is 5.46. The minimum absolute atomic E-state index is 0. The molecule has 5 aliphatic rings. The molecule has 8 heteroatoms. The first-order chi connectivity index (χ1) is 9.64. The second-order valence-corrected chi connectivity index (χ2v) is 18.4. The van der Waals surface area contributed by atoms with E-state index in [2.05, 4.69) is 48.2 Å². The van der Waals surface area contributed by atoms with Crippen LogP contribution in [0, 0.1) is 0 Å². The summed E-state index contributed by atoms with van der Waals surface area (Å²) in [5.74, 6) is 0. The van der Waals surface area contributed by atoms with Crippen LogP contribution in [0.15, 0.2) is 67.5 Å². The Hall–Kier alpha value is 1.53. The van der Waals surface area contributed by atoms with E-state index >= 15 is 0 Å². The van der Waals surface area contributed by atoms with Gasteiger partial charge in [-0.05, 0) is 0 Å². The Morgan fingerprint density at radius 2 is 1.23 bits per heavy atom. The Balaban J connectivity index is 0.000000720. The van der Waals surface area contributed by atoms with Gasteiger partial charge < -0.3 is 24.8 Å². The van der Waals surface area contributed by atoms with E-state index in [0.29, 0.717) is 0 Å². The van der Waals surface area contributed by atoms with Crippen LogP contribution in [-0.4, -0.2) is 3.57 Å². The van der Waals surface area contributed by atoms with Crippen LogP contribution < -0.4 is 24.8 Å². The number of rotatable bonds is 0. The summed E-state index contributed by atoms with van der Waals surface area (Å²) < 4.78 is 2.49. The van der Waals surface area contributed by atoms with Gasteiger partial charge in [0.2, 0.25) is 0 Å². The molecule has 0 aromatic carbocycles. The molecule has 0 aromatic heterocycles. The van der Waals surface area contributed by atoms with Crippen molar-refractivity contribution in [2.24, 2.45) is 0 Å². The van der Waals surface area contributed by atoms with E-state index in [1.54, 1.807) is 0 Å². The molecule has 0 radical (unpaired) electrons. The average Bonchev–Trinajstić information content (AvgIpc) is 3.07. The molecule has 3 aliphatic heterocycles. The molecule has 5 rings (SSSR count). The number of hydrogen-bond donors (Lipinski definition) is 0. The molecule has 0 bridgehead atoms. The standard InChI is InChI=1S/C14H6Cl2S3.2ClH.Zr/c15-11-7-3-1-5-9(7)13(17-11)19-14-10-6-2-4-8(10)12(16)18-14;;;/h1-6H;2*1H;/q;;;+2/p-2. The SMILES string of the molecule is ClC1=C2C=CC=C2[C]2(S1)S[C]1(SC(Cl)=C3C=CC=C31)[Zr+2]2.[Cl-].[Cl-]. The fourth-order valence-corrected chi connectivity index (χ4v) is 22.2. The van der Waals surface area contributed by atoms with Crippen molar-refractivity contribution in [1.29, 1.82) is 0 Å². The normalized spacial score (nSPS) is 35.5. The van der Waals surface area contributed by atoms with Crippen LogP contribution in [0.2, 0.25) is 0 Å². The minimum atomic E-state index is -0.732. The van der Waals surface area contributed by atoms with Crippen molar-refractivity contribution in [3.8, 4) is 0 Å². The van der Waals surface area contributed by atoms with Gasteiger partial charge in [0.05, 0.1) is 0 Å². The number of allylic oxidation sites excluding steroid dienone is 8. The van der Waals surface area contributed by atoms with Gasteiger partial charge in [0.15, 0.2) is 0 Å². The van der Waals surface area contributed by atoms with E-state index in [4.69, 9.17) is 23.2 Å². The Labute approximate surface area is 175 Å². The fraction of sp³-hybridized carbons (Fsp3) is 0.143. The predicted octanol–water partition coefficient (Wildman–Crippen LogP) is -0.482. The third-order valence-electron chi connectivity index (χ3n) is 3.85. The summed E-state index contributed by atoms with van der Waals surface area (Å²) >= 11 is 18.0. The van der Waals surface area contributed by atoms with Crippen LogP contribution in [0.3, 0.4) is 0 Å². The van der Waals surface area contributed by atoms with Crippen molar-refractivity contribution in [3.05, 3.63) is 67.5 Å². The summed E-state index contributed by atoms with van der Waals surface area (Å²) in [5, 5.41) is 0. The first kappa shape index (κ1) is 18.3. The molecule has 3 heterocycles. The maximum atomic E-state index is 6.44. The molecule has 2 aliphatic carbocycles. The molecule has 0 aromatic rings. The van der Waals surface area contributed by atoms with Gasteiger partial charge in [0.25, 0.3) is 0 Å². The zero-order valence-corrected chi connectivity index (χ0v) is 18.6. The zero-order valence-electron chi connectivity index (χ0n) is 10.7. The van der Waals surface area contributed by atoms with Crippen LogP contribution in [-0.2, 0) is 23.2 Å². The molecular formula is C14H6Cl4S3Zr. The van der Waals surface area contributed by atoms with Gasteiger partial charge in [-0.1, -0.05) is 0 Å². The predicted molar refractivity (Wildman–Crippen MR) is 88.4 cm³/mol. The maximum Gasteiger partial charge on any atom is -1.00 e. The van der Waals surface area contributed by atoms with Crippen molar-refractivity contribution in [1.82, 2.24) is 0 Å². The topological polar surface area (TPSA) is 0 Å². The summed E-state index contributed by atoms with van der Waals surface area (Å²) in [6.07, 6.45) is 13.1. The number of hydrogen-bond acceptors (Lipinski definition) is 3. The Morgan fingerprint density at radius 3 is 1.64 bits per heavy atom. The molecule has 2 spiro atoms. The van der Waals surface area contributed by atoms with E-state index in [1.807, 2.05) is 23.5 Å². The summed E-state index contributed by atoms with van der Waals surface area (Å²) in [4.78, 5) is 0. The van der Waals surface area contributed by atoms with Crippen molar-refractivity contribution in [3.63, 3.8) is 0 Å². The molecule has 22 heavy (non-hydrogen) atoms. The molecule has 0 saturated carbocycles. The largest absolute Gasteiger partial charge is 1.00 e. The number of thioether (sulfide) groups is 3. The monoisotopic (exact) mass is 500 g/mol. The van der Waals surface area contributed by atoms with Crippen LogP contribution in [0.5, 0.6) is 0 Å². The van der Waals surface area contributed by atoms with E-state index in [0.717, 1.165) is 8.73 Å². The molecule has 1 saturated heterocycles. The molecule has 2 atom stereocenters. The van der Waals surface area contributed by atoms with Crippen molar-refractivity contribution < 1.29 is 48.0 Å². The number of fused-ring (bicyclic) bond motifs is 4. The van der Waals surface area contributed by atoms with Crippen molar-refractivity contribution in [2.45, 2.75) is 3.57 Å². The van der Waals surface area contributed by atoms with Gasteiger partial charge in [-0.15, -0.1) is 0 Å². The van der Waals surface area contributed by atoms with Gasteiger partial charge in [-0.25, -0.2) is 0 Å². The second-order valence-electron chi connectivity index (χ2n) is 4.92. The average molecular weight is 503 g/mol. The van der Waals surface area contributed by atoms with E-state index in [1.165, 1.54) is 22.3 Å². The van der Waals surface area contributed by atoms with Crippen LogP contribution >= 0.6 is 58.5 Å². The van der Waals surface area contributed by atoms with Gasteiger partial charge in [0.1, 0.15) is 0 Å². The molecular weight excluding hydrogens is 497 g/mol. The molecule has 0 N–H and O–H groups in total. The molecule has 0 nitrogen and oxygen atoms in total. The summed E-state index contributed by atoms with van der Waals surface area (Å²) in [6.45, 7) is 0. The van der Waals surface area contributed by atoms with E-state index in [9.17, 15) is 0 Å². The second kappa shape index (κ2) is 6.06. The summed E-state index contributed by atoms with van der Waals surface area (Å²) in [7, 11) is 0. The van der Waals surface area contributed by atoms with Crippen LogP contribution in [0.1, 0.15) is 0 Å². The minimum Gasteiger partial charge on any atom is -1.00 e. The van der Waals surface area contributed by atoms with Gasteiger partial charge in [0, 0.05) is 0 Å². The van der Waals surface area contributed by atoms with E-state index in [-0.39, 0.29) is 28.4 Å². The van der Waals surface area contributed by atoms with Crippen molar-refractivity contribution in [2.75, 3.05) is 0 Å². The first-order valence-electron chi connectivity index (χ1n) is 6.09. The number of halogens is 4.